The van der Waals surface area contributed by atoms with E-state index in [1.54, 1.807) is 11.0 Å². The maximum atomic E-state index is 12.9. The van der Waals surface area contributed by atoms with Crippen LogP contribution in [-0.4, -0.2) is 72.1 Å². The van der Waals surface area contributed by atoms with Crippen LogP contribution in [0.1, 0.15) is 23.3 Å². The number of amides is 2. The molecule has 38 heavy (non-hydrogen) atoms. The van der Waals surface area contributed by atoms with Crippen LogP contribution in [0.2, 0.25) is 0 Å². The van der Waals surface area contributed by atoms with Gasteiger partial charge in [-0.1, -0.05) is 12.1 Å². The van der Waals surface area contributed by atoms with Crippen molar-refractivity contribution in [2.75, 3.05) is 49.1 Å². The van der Waals surface area contributed by atoms with E-state index in [9.17, 15) is 22.8 Å². The van der Waals surface area contributed by atoms with Crippen molar-refractivity contribution in [3.8, 4) is 0 Å². The summed E-state index contributed by atoms with van der Waals surface area (Å²) in [6, 6.07) is 9.61. The summed E-state index contributed by atoms with van der Waals surface area (Å²) in [5.41, 5.74) is 2.15. The number of hydrogen-bond acceptors (Lipinski definition) is 8. The summed E-state index contributed by atoms with van der Waals surface area (Å²) in [6.45, 7) is 4.72. The van der Waals surface area contributed by atoms with E-state index in [1.807, 2.05) is 24.3 Å². The number of aromatic nitrogens is 2. The van der Waals surface area contributed by atoms with Gasteiger partial charge in [-0.2, -0.15) is 13.2 Å². The van der Waals surface area contributed by atoms with Crippen LogP contribution in [0.3, 0.4) is 0 Å². The summed E-state index contributed by atoms with van der Waals surface area (Å²) in [5.74, 6) is 0.152. The second-order valence-electron chi connectivity index (χ2n) is 10.5. The standard InChI is InChI=1S/C26H27F3N6O2S/c27-26(28,29)10-19-9-20-23(30-16-31-24(20)38-19)34-8-6-25(15-34)5-7-33(14-25)11-17-1-3-18(4-2-17)35-12-21(36)32-22(37)13-35/h1-4,9,16H,5-8,10-15H2,(H,32,36,37). The highest BCUT2D eigenvalue weighted by Gasteiger charge is 2.44. The smallest absolute Gasteiger partial charge is 0.355 e. The number of halogens is 3. The predicted octanol–water partition coefficient (Wildman–Crippen LogP) is 3.36. The molecule has 0 bridgehead atoms. The number of nitrogens with zero attached hydrogens (tertiary/aromatic N) is 5. The third-order valence-corrected chi connectivity index (χ3v) is 8.69. The fourth-order valence-electron chi connectivity index (χ4n) is 5.93. The molecule has 200 valence electrons. The highest BCUT2D eigenvalue weighted by Crippen LogP contribution is 2.43. The van der Waals surface area contributed by atoms with Crippen molar-refractivity contribution in [3.05, 3.63) is 47.1 Å². The van der Waals surface area contributed by atoms with Crippen LogP contribution < -0.4 is 15.1 Å². The lowest BCUT2D eigenvalue weighted by Crippen LogP contribution is -2.51. The average Bonchev–Trinajstić information content (AvgIpc) is 3.56. The molecule has 6 rings (SSSR count). The molecule has 2 aromatic heterocycles. The molecule has 1 atom stereocenters. The number of fused-ring (bicyclic) bond motifs is 1. The molecule has 3 aliphatic heterocycles. The number of benzene rings is 1. The Bertz CT molecular complexity index is 1360. The van der Waals surface area contributed by atoms with Crippen LogP contribution in [-0.2, 0) is 22.6 Å². The molecule has 12 heteroatoms. The van der Waals surface area contributed by atoms with Gasteiger partial charge in [0.1, 0.15) is 17.0 Å². The molecule has 1 aromatic carbocycles. The number of likely N-dealkylation sites (tertiary alicyclic amines) is 1. The van der Waals surface area contributed by atoms with E-state index in [-0.39, 0.29) is 35.2 Å². The number of alkyl halides is 3. The van der Waals surface area contributed by atoms with Gasteiger partial charge in [-0.15, -0.1) is 11.3 Å². The van der Waals surface area contributed by atoms with Crippen molar-refractivity contribution in [2.24, 2.45) is 5.41 Å². The Morgan fingerprint density at radius 2 is 1.71 bits per heavy atom. The maximum Gasteiger partial charge on any atom is 0.393 e. The fraction of sp³-hybridized carbons (Fsp3) is 0.462. The van der Waals surface area contributed by atoms with E-state index in [4.69, 9.17) is 0 Å². The molecule has 1 N–H and O–H groups in total. The molecule has 3 aromatic rings. The maximum absolute atomic E-state index is 12.9. The minimum atomic E-state index is -4.25. The summed E-state index contributed by atoms with van der Waals surface area (Å²) in [5, 5.41) is 3.02. The van der Waals surface area contributed by atoms with Crippen molar-refractivity contribution in [1.29, 1.82) is 0 Å². The van der Waals surface area contributed by atoms with Gasteiger partial charge in [-0.3, -0.25) is 19.8 Å². The molecule has 3 saturated heterocycles. The Labute approximate surface area is 221 Å². The predicted molar refractivity (Wildman–Crippen MR) is 138 cm³/mol. The van der Waals surface area contributed by atoms with Crippen LogP contribution in [0, 0.1) is 5.41 Å². The molecule has 3 aliphatic rings. The van der Waals surface area contributed by atoms with E-state index >= 15 is 0 Å². The molecule has 8 nitrogen and oxygen atoms in total. The zero-order chi connectivity index (χ0) is 26.5. The van der Waals surface area contributed by atoms with Gasteiger partial charge >= 0.3 is 6.18 Å². The summed E-state index contributed by atoms with van der Waals surface area (Å²) in [7, 11) is 0. The molecule has 3 fully saturated rings. The van der Waals surface area contributed by atoms with Crippen LogP contribution in [0.25, 0.3) is 10.2 Å². The number of thiophene rings is 1. The number of carbonyl (C=O) groups is 2. The number of rotatable bonds is 5. The van der Waals surface area contributed by atoms with Crippen LogP contribution in [0.5, 0.6) is 0 Å². The van der Waals surface area contributed by atoms with Gasteiger partial charge in [-0.25, -0.2) is 9.97 Å². The molecule has 0 radical (unpaired) electrons. The molecule has 1 spiro atoms. The van der Waals surface area contributed by atoms with Gasteiger partial charge in [0.15, 0.2) is 0 Å². The second-order valence-corrected chi connectivity index (χ2v) is 11.7. The number of carbonyl (C=O) groups excluding carboxylic acids is 2. The molecule has 1 unspecified atom stereocenters. The average molecular weight is 545 g/mol. The normalized spacial score (nSPS) is 22.7. The van der Waals surface area contributed by atoms with E-state index in [1.165, 1.54) is 11.9 Å². The minimum absolute atomic E-state index is 0.129. The highest BCUT2D eigenvalue weighted by molar-refractivity contribution is 7.18. The summed E-state index contributed by atoms with van der Waals surface area (Å²) < 4.78 is 38.8. The first kappa shape index (κ1) is 25.1. The monoisotopic (exact) mass is 544 g/mol. The van der Waals surface area contributed by atoms with Crippen molar-refractivity contribution >= 4 is 44.9 Å². The molecular weight excluding hydrogens is 517 g/mol. The van der Waals surface area contributed by atoms with Crippen LogP contribution in [0.15, 0.2) is 36.7 Å². The van der Waals surface area contributed by atoms with Crippen molar-refractivity contribution in [3.63, 3.8) is 0 Å². The summed E-state index contributed by atoms with van der Waals surface area (Å²) in [6.07, 6.45) is -1.67. The fourth-order valence-corrected chi connectivity index (χ4v) is 6.95. The third-order valence-electron chi connectivity index (χ3n) is 7.64. The Kier molecular flexibility index (Phi) is 6.26. The number of piperazine rings is 1. The topological polar surface area (TPSA) is 81.7 Å². The van der Waals surface area contributed by atoms with E-state index in [0.29, 0.717) is 10.2 Å². The van der Waals surface area contributed by atoms with Gasteiger partial charge in [0.05, 0.1) is 24.9 Å². The molecule has 2 amide bonds. The van der Waals surface area contributed by atoms with Crippen molar-refractivity contribution in [1.82, 2.24) is 20.2 Å². The molecular formula is C26H27F3N6O2S. The van der Waals surface area contributed by atoms with Gasteiger partial charge in [0, 0.05) is 42.2 Å². The largest absolute Gasteiger partial charge is 0.393 e. The highest BCUT2D eigenvalue weighted by atomic mass is 32.1. The lowest BCUT2D eigenvalue weighted by molar-refractivity contribution is -0.131. The number of imide groups is 1. The third kappa shape index (κ3) is 5.19. The first-order chi connectivity index (χ1) is 18.1. The van der Waals surface area contributed by atoms with Gasteiger partial charge in [0.25, 0.3) is 0 Å². The van der Waals surface area contributed by atoms with E-state index in [0.717, 1.165) is 68.4 Å². The second kappa shape index (κ2) is 9.49. The van der Waals surface area contributed by atoms with Crippen LogP contribution in [0.4, 0.5) is 24.7 Å². The number of hydrogen-bond donors (Lipinski definition) is 1. The quantitative estimate of drug-likeness (QED) is 0.494. The first-order valence-corrected chi connectivity index (χ1v) is 13.4. The SMILES string of the molecule is O=C1CN(c2ccc(CN3CCC4(CCN(c5ncnc6sc(CC(F)(F)F)cc56)C4)C3)cc2)CC(=O)N1. The van der Waals surface area contributed by atoms with Gasteiger partial charge in [0.2, 0.25) is 11.8 Å². The van der Waals surface area contributed by atoms with Gasteiger partial charge < -0.3 is 9.80 Å². The Hall–Kier alpha value is -3.25. The zero-order valence-electron chi connectivity index (χ0n) is 20.6. The molecule has 5 heterocycles. The summed E-state index contributed by atoms with van der Waals surface area (Å²) in [4.78, 5) is 39.3. The van der Waals surface area contributed by atoms with Gasteiger partial charge in [-0.05, 0) is 43.1 Å². The minimum Gasteiger partial charge on any atom is -0.355 e. The Morgan fingerprint density at radius 3 is 2.45 bits per heavy atom. The molecule has 0 aliphatic carbocycles. The lowest BCUT2D eigenvalue weighted by atomic mass is 9.86. The van der Waals surface area contributed by atoms with Crippen molar-refractivity contribution < 1.29 is 22.8 Å². The summed E-state index contributed by atoms with van der Waals surface area (Å²) >= 11 is 1.09. The zero-order valence-corrected chi connectivity index (χ0v) is 21.4. The lowest BCUT2D eigenvalue weighted by Gasteiger charge is -2.27. The van der Waals surface area contributed by atoms with Crippen molar-refractivity contribution in [2.45, 2.75) is 32.0 Å². The molecule has 0 saturated carbocycles. The number of anilines is 2. The van der Waals surface area contributed by atoms with E-state index in [2.05, 4.69) is 25.1 Å². The number of nitrogens with one attached hydrogen (secondary N) is 1. The van der Waals surface area contributed by atoms with E-state index < -0.39 is 12.6 Å². The Morgan fingerprint density at radius 1 is 0.974 bits per heavy atom. The Balaban J connectivity index is 1.10. The van der Waals surface area contributed by atoms with Crippen LogP contribution >= 0.6 is 11.3 Å². The first-order valence-electron chi connectivity index (χ1n) is 12.6.